The predicted octanol–water partition coefficient (Wildman–Crippen LogP) is 3.80. The lowest BCUT2D eigenvalue weighted by Crippen LogP contribution is -2.09. The maximum atomic E-state index is 11.7. The molecule has 2 aromatic heterocycles. The summed E-state index contributed by atoms with van der Waals surface area (Å²) >= 11 is 6.05. The third-order valence-electron chi connectivity index (χ3n) is 2.21. The van der Waals surface area contributed by atoms with Crippen molar-refractivity contribution in [2.24, 2.45) is 0 Å². The second kappa shape index (κ2) is 7.48. The van der Waals surface area contributed by atoms with E-state index in [1.165, 1.54) is 28.7 Å². The molecule has 0 radical (unpaired) electrons. The highest BCUT2D eigenvalue weighted by Gasteiger charge is 2.12. The first-order valence-electron chi connectivity index (χ1n) is 5.95. The van der Waals surface area contributed by atoms with Crippen molar-refractivity contribution in [3.63, 3.8) is 0 Å². The van der Waals surface area contributed by atoms with Gasteiger partial charge in [-0.1, -0.05) is 0 Å². The molecule has 0 saturated heterocycles. The third-order valence-corrected chi connectivity index (χ3v) is 4.56. The minimum Gasteiger partial charge on any atom is -0.461 e. The number of carbonyl (C=O) groups excluding carboxylic acids is 2. The molecule has 0 aliphatic rings. The zero-order valence-corrected chi connectivity index (χ0v) is 14.2. The fraction of sp³-hybridized carbons (Fsp3) is 0.154. The van der Waals surface area contributed by atoms with Crippen LogP contribution in [0.15, 0.2) is 27.4 Å². The summed E-state index contributed by atoms with van der Waals surface area (Å²) in [5.41, 5.74) is 0.198. The fourth-order valence-electron chi connectivity index (χ4n) is 1.35. The molecule has 0 aliphatic carbocycles. The van der Waals surface area contributed by atoms with Crippen molar-refractivity contribution >= 4 is 61.7 Å². The second-order valence-corrected chi connectivity index (χ2v) is 7.08. The number of nitrogens with zero attached hydrogens (tertiary/aromatic N) is 1. The van der Waals surface area contributed by atoms with Crippen LogP contribution in [0.3, 0.4) is 0 Å². The van der Waals surface area contributed by atoms with E-state index in [1.54, 1.807) is 18.4 Å². The summed E-state index contributed by atoms with van der Waals surface area (Å²) in [5.74, 6) is -0.794. The topological polar surface area (TPSA) is 68.3 Å². The van der Waals surface area contributed by atoms with Crippen molar-refractivity contribution in [1.82, 2.24) is 4.98 Å². The molecule has 0 unspecified atom stereocenters. The maximum absolute atomic E-state index is 11.7. The summed E-state index contributed by atoms with van der Waals surface area (Å²) in [4.78, 5) is 28.2. The minimum absolute atomic E-state index is 0.198. The van der Waals surface area contributed by atoms with Gasteiger partial charge in [-0.3, -0.25) is 10.1 Å². The number of thiazole rings is 1. The maximum Gasteiger partial charge on any atom is 0.357 e. The number of thiophene rings is 1. The van der Waals surface area contributed by atoms with E-state index < -0.39 is 5.97 Å². The zero-order valence-electron chi connectivity index (χ0n) is 11.0. The van der Waals surface area contributed by atoms with Gasteiger partial charge in [0.25, 0.3) is 0 Å². The van der Waals surface area contributed by atoms with Crippen LogP contribution in [0.5, 0.6) is 0 Å². The lowest BCUT2D eigenvalue weighted by Gasteiger charge is -1.97. The van der Waals surface area contributed by atoms with Gasteiger partial charge in [0.15, 0.2) is 10.8 Å². The Bertz CT molecular complexity index is 679. The standard InChI is InChI=1S/C13H11BrN2O3S2/c1-2-19-12(18)9-7-20-13(15-9)16-11(17)6-4-8-3-5-10(14)21-8/h3-7H,2H2,1H3,(H,15,16,17)/b6-4+. The van der Waals surface area contributed by atoms with Crippen molar-refractivity contribution in [2.45, 2.75) is 6.92 Å². The van der Waals surface area contributed by atoms with Gasteiger partial charge in [-0.05, 0) is 41.1 Å². The number of esters is 1. The van der Waals surface area contributed by atoms with E-state index in [-0.39, 0.29) is 18.2 Å². The zero-order chi connectivity index (χ0) is 15.2. The Morgan fingerprint density at radius 3 is 2.95 bits per heavy atom. The largest absolute Gasteiger partial charge is 0.461 e. The molecule has 5 nitrogen and oxygen atoms in total. The Morgan fingerprint density at radius 2 is 2.29 bits per heavy atom. The molecule has 8 heteroatoms. The van der Waals surface area contributed by atoms with E-state index in [2.05, 4.69) is 26.2 Å². The number of hydrogen-bond donors (Lipinski definition) is 1. The van der Waals surface area contributed by atoms with E-state index >= 15 is 0 Å². The number of rotatable bonds is 5. The lowest BCUT2D eigenvalue weighted by molar-refractivity contribution is -0.111. The lowest BCUT2D eigenvalue weighted by atomic mass is 10.4. The normalized spacial score (nSPS) is 10.8. The van der Waals surface area contributed by atoms with Crippen LogP contribution in [-0.2, 0) is 9.53 Å². The monoisotopic (exact) mass is 386 g/mol. The average Bonchev–Trinajstić information content (AvgIpc) is 3.06. The summed E-state index contributed by atoms with van der Waals surface area (Å²) in [5, 5.41) is 4.51. The van der Waals surface area contributed by atoms with Crippen LogP contribution in [0.4, 0.5) is 5.13 Å². The number of anilines is 1. The van der Waals surface area contributed by atoms with Crippen LogP contribution in [0.2, 0.25) is 0 Å². The van der Waals surface area contributed by atoms with E-state index in [0.717, 1.165) is 8.66 Å². The smallest absolute Gasteiger partial charge is 0.357 e. The summed E-state index contributed by atoms with van der Waals surface area (Å²) < 4.78 is 5.83. The van der Waals surface area contributed by atoms with E-state index in [9.17, 15) is 9.59 Å². The Morgan fingerprint density at radius 1 is 1.48 bits per heavy atom. The molecule has 2 rings (SSSR count). The van der Waals surface area contributed by atoms with Crippen molar-refractivity contribution < 1.29 is 14.3 Å². The Hall–Kier alpha value is -1.51. The van der Waals surface area contributed by atoms with E-state index in [0.29, 0.717) is 5.13 Å². The number of carbonyl (C=O) groups is 2. The minimum atomic E-state index is -0.492. The molecule has 0 fully saturated rings. The van der Waals surface area contributed by atoms with Crippen molar-refractivity contribution in [3.05, 3.63) is 37.9 Å². The van der Waals surface area contributed by atoms with Crippen LogP contribution >= 0.6 is 38.6 Å². The van der Waals surface area contributed by atoms with Crippen LogP contribution in [0.25, 0.3) is 6.08 Å². The van der Waals surface area contributed by atoms with E-state index in [1.807, 2.05) is 12.1 Å². The van der Waals surface area contributed by atoms with E-state index in [4.69, 9.17) is 4.74 Å². The van der Waals surface area contributed by atoms with Crippen LogP contribution < -0.4 is 5.32 Å². The molecular weight excluding hydrogens is 376 g/mol. The first kappa shape index (κ1) is 15.9. The summed E-state index contributed by atoms with van der Waals surface area (Å²) in [6, 6.07) is 3.81. The second-order valence-electron chi connectivity index (χ2n) is 3.72. The highest BCUT2D eigenvalue weighted by Crippen LogP contribution is 2.23. The molecule has 1 amide bonds. The third kappa shape index (κ3) is 4.76. The van der Waals surface area contributed by atoms with Crippen LogP contribution in [-0.4, -0.2) is 23.5 Å². The molecular formula is C13H11BrN2O3S2. The molecule has 0 atom stereocenters. The fourth-order valence-corrected chi connectivity index (χ4v) is 3.36. The highest BCUT2D eigenvalue weighted by molar-refractivity contribution is 9.11. The van der Waals surface area contributed by atoms with Crippen molar-refractivity contribution in [3.8, 4) is 0 Å². The van der Waals surface area contributed by atoms with Crippen LogP contribution in [0, 0.1) is 0 Å². The van der Waals surface area contributed by atoms with Gasteiger partial charge in [0.05, 0.1) is 10.4 Å². The molecule has 0 aliphatic heterocycles. The molecule has 0 aromatic carbocycles. The van der Waals surface area contributed by atoms with Gasteiger partial charge in [-0.2, -0.15) is 0 Å². The van der Waals surface area contributed by atoms with Gasteiger partial charge in [0.1, 0.15) is 0 Å². The van der Waals surface area contributed by atoms with Crippen LogP contribution in [0.1, 0.15) is 22.3 Å². The van der Waals surface area contributed by atoms with Gasteiger partial charge in [-0.15, -0.1) is 22.7 Å². The molecule has 1 N–H and O–H groups in total. The number of hydrogen-bond acceptors (Lipinski definition) is 6. The van der Waals surface area contributed by atoms with Gasteiger partial charge in [0, 0.05) is 16.3 Å². The highest BCUT2D eigenvalue weighted by atomic mass is 79.9. The number of nitrogens with one attached hydrogen (secondary N) is 1. The van der Waals surface area contributed by atoms with Gasteiger partial charge in [-0.25, -0.2) is 9.78 Å². The molecule has 0 spiro atoms. The first-order chi connectivity index (χ1) is 10.1. The van der Waals surface area contributed by atoms with Gasteiger partial charge >= 0.3 is 5.97 Å². The molecule has 21 heavy (non-hydrogen) atoms. The van der Waals surface area contributed by atoms with Crippen molar-refractivity contribution in [2.75, 3.05) is 11.9 Å². The predicted molar refractivity (Wildman–Crippen MR) is 87.8 cm³/mol. The van der Waals surface area contributed by atoms with Crippen molar-refractivity contribution in [1.29, 1.82) is 0 Å². The van der Waals surface area contributed by atoms with Gasteiger partial charge in [0.2, 0.25) is 5.91 Å². The Kier molecular flexibility index (Phi) is 5.66. The van der Waals surface area contributed by atoms with Gasteiger partial charge < -0.3 is 4.74 Å². The number of aromatic nitrogens is 1. The molecule has 2 aromatic rings. The number of halogens is 1. The SMILES string of the molecule is CCOC(=O)c1csc(NC(=O)/C=C/c2ccc(Br)s2)n1. The Labute approximate surface area is 137 Å². The number of ether oxygens (including phenoxy) is 1. The molecule has 110 valence electrons. The quantitative estimate of drug-likeness (QED) is 0.626. The first-order valence-corrected chi connectivity index (χ1v) is 8.44. The number of amides is 1. The molecule has 2 heterocycles. The Balaban J connectivity index is 1.94. The summed E-state index contributed by atoms with van der Waals surface area (Å²) in [6.07, 6.45) is 3.13. The summed E-state index contributed by atoms with van der Waals surface area (Å²) in [6.45, 7) is 2.01. The summed E-state index contributed by atoms with van der Waals surface area (Å²) in [7, 11) is 0. The average molecular weight is 387 g/mol. The molecule has 0 bridgehead atoms. The molecule has 0 saturated carbocycles.